The minimum atomic E-state index is -0.460. The van der Waals surface area contributed by atoms with Crippen LogP contribution in [-0.2, 0) is 0 Å². The molecule has 0 N–H and O–H groups in total. The van der Waals surface area contributed by atoms with Crippen LogP contribution in [0.2, 0.25) is 0 Å². The summed E-state index contributed by atoms with van der Waals surface area (Å²) in [6, 6.07) is 1.69. The van der Waals surface area contributed by atoms with Gasteiger partial charge in [0.2, 0.25) is 5.95 Å². The van der Waals surface area contributed by atoms with Crippen LogP contribution in [0.25, 0.3) is 0 Å². The Bertz CT molecular complexity index is 352. The zero-order chi connectivity index (χ0) is 9.68. The Morgan fingerprint density at radius 2 is 2.38 bits per heavy atom. The van der Waals surface area contributed by atoms with Crippen LogP contribution in [0.5, 0.6) is 0 Å². The van der Waals surface area contributed by atoms with Crippen LogP contribution in [0.15, 0.2) is 12.3 Å². The molecule has 0 aliphatic rings. The van der Waals surface area contributed by atoms with E-state index in [-0.39, 0.29) is 0 Å². The van der Waals surface area contributed by atoms with Gasteiger partial charge in [0.25, 0.3) is 0 Å². The SMILES string of the molecule is Cc1c(C#CCCCl)ccnc1F. The molecule has 0 aliphatic heterocycles. The van der Waals surface area contributed by atoms with Crippen molar-refractivity contribution < 1.29 is 4.39 Å². The predicted octanol–water partition coefficient (Wildman–Crippen LogP) is 2.51. The van der Waals surface area contributed by atoms with Crippen LogP contribution >= 0.6 is 11.6 Å². The maximum absolute atomic E-state index is 12.9. The van der Waals surface area contributed by atoms with Gasteiger partial charge in [-0.05, 0) is 13.0 Å². The van der Waals surface area contributed by atoms with Gasteiger partial charge in [-0.3, -0.25) is 0 Å². The zero-order valence-electron chi connectivity index (χ0n) is 7.27. The number of rotatable bonds is 1. The van der Waals surface area contributed by atoms with Crippen LogP contribution in [0.3, 0.4) is 0 Å². The maximum atomic E-state index is 12.9. The number of hydrogen-bond acceptors (Lipinski definition) is 1. The van der Waals surface area contributed by atoms with Crippen molar-refractivity contribution in [3.8, 4) is 11.8 Å². The first-order valence-electron chi connectivity index (χ1n) is 3.91. The Morgan fingerprint density at radius 3 is 3.08 bits per heavy atom. The number of nitrogens with zero attached hydrogens (tertiary/aromatic N) is 1. The molecule has 0 atom stereocenters. The van der Waals surface area contributed by atoms with E-state index in [0.717, 1.165) is 0 Å². The molecule has 1 heterocycles. The number of hydrogen-bond donors (Lipinski definition) is 0. The molecule has 13 heavy (non-hydrogen) atoms. The highest BCUT2D eigenvalue weighted by Gasteiger charge is 2.00. The Hall–Kier alpha value is -1.07. The highest BCUT2D eigenvalue weighted by atomic mass is 35.5. The lowest BCUT2D eigenvalue weighted by molar-refractivity contribution is 0.574. The molecule has 3 heteroatoms. The summed E-state index contributed by atoms with van der Waals surface area (Å²) in [7, 11) is 0. The molecule has 0 unspecified atom stereocenters. The van der Waals surface area contributed by atoms with E-state index < -0.39 is 5.95 Å². The van der Waals surface area contributed by atoms with Crippen LogP contribution in [-0.4, -0.2) is 10.9 Å². The largest absolute Gasteiger partial charge is 0.228 e. The van der Waals surface area contributed by atoms with Crippen molar-refractivity contribution in [2.45, 2.75) is 13.3 Å². The van der Waals surface area contributed by atoms with Gasteiger partial charge in [0.05, 0.1) is 0 Å². The maximum Gasteiger partial charge on any atom is 0.216 e. The highest BCUT2D eigenvalue weighted by molar-refractivity contribution is 6.18. The molecule has 0 aliphatic carbocycles. The van der Waals surface area contributed by atoms with Crippen molar-refractivity contribution in [3.05, 3.63) is 29.3 Å². The van der Waals surface area contributed by atoms with Gasteiger partial charge < -0.3 is 0 Å². The lowest BCUT2D eigenvalue weighted by Crippen LogP contribution is -1.91. The summed E-state index contributed by atoms with van der Waals surface area (Å²) >= 11 is 5.45. The van der Waals surface area contributed by atoms with Crippen LogP contribution in [0.1, 0.15) is 17.5 Å². The van der Waals surface area contributed by atoms with E-state index in [0.29, 0.717) is 23.4 Å². The Kier molecular flexibility index (Phi) is 3.72. The van der Waals surface area contributed by atoms with E-state index in [9.17, 15) is 4.39 Å². The van der Waals surface area contributed by atoms with Crippen LogP contribution in [0, 0.1) is 24.7 Å². The molecule has 0 bridgehead atoms. The molecular formula is C10H9ClFN. The molecule has 0 amide bonds. The standard InChI is InChI=1S/C10H9ClFN/c1-8-9(4-2-3-6-11)5-7-13-10(8)12/h5,7H,3,6H2,1H3. The lowest BCUT2D eigenvalue weighted by atomic mass is 10.1. The molecule has 0 fully saturated rings. The van der Waals surface area contributed by atoms with Gasteiger partial charge in [-0.15, -0.1) is 11.6 Å². The molecule has 1 rings (SSSR count). The molecule has 1 nitrogen and oxygen atoms in total. The van der Waals surface area contributed by atoms with Gasteiger partial charge in [0.1, 0.15) is 0 Å². The normalized spacial score (nSPS) is 9.15. The third kappa shape index (κ3) is 2.71. The summed E-state index contributed by atoms with van der Waals surface area (Å²) in [5, 5.41) is 0. The topological polar surface area (TPSA) is 12.9 Å². The quantitative estimate of drug-likeness (QED) is 0.383. The molecule has 0 spiro atoms. The highest BCUT2D eigenvalue weighted by Crippen LogP contribution is 2.07. The Balaban J connectivity index is 2.91. The smallest absolute Gasteiger partial charge is 0.216 e. The Labute approximate surface area is 81.9 Å². The van der Waals surface area contributed by atoms with E-state index in [2.05, 4.69) is 16.8 Å². The fourth-order valence-electron chi connectivity index (χ4n) is 0.851. The summed E-state index contributed by atoms with van der Waals surface area (Å²) in [6.45, 7) is 1.66. The van der Waals surface area contributed by atoms with E-state index in [1.54, 1.807) is 13.0 Å². The average molecular weight is 198 g/mol. The molecular weight excluding hydrogens is 189 g/mol. The molecule has 68 valence electrons. The summed E-state index contributed by atoms with van der Waals surface area (Å²) in [5.41, 5.74) is 1.17. The second-order valence-electron chi connectivity index (χ2n) is 2.52. The number of halogens is 2. The van der Waals surface area contributed by atoms with Crippen molar-refractivity contribution >= 4 is 11.6 Å². The van der Waals surface area contributed by atoms with Crippen molar-refractivity contribution in [2.75, 3.05) is 5.88 Å². The first-order chi connectivity index (χ1) is 6.25. The second kappa shape index (κ2) is 4.84. The molecule has 0 saturated carbocycles. The minimum Gasteiger partial charge on any atom is -0.228 e. The van der Waals surface area contributed by atoms with Gasteiger partial charge in [-0.2, -0.15) is 4.39 Å². The van der Waals surface area contributed by atoms with Gasteiger partial charge >= 0.3 is 0 Å². The fourth-order valence-corrected chi connectivity index (χ4v) is 0.945. The monoisotopic (exact) mass is 197 g/mol. The Morgan fingerprint density at radius 1 is 1.62 bits per heavy atom. The van der Waals surface area contributed by atoms with E-state index in [1.807, 2.05) is 0 Å². The third-order valence-electron chi connectivity index (χ3n) is 1.59. The van der Waals surface area contributed by atoms with Gasteiger partial charge in [-0.25, -0.2) is 4.98 Å². The number of alkyl halides is 1. The number of aromatic nitrogens is 1. The van der Waals surface area contributed by atoms with Crippen LogP contribution in [0.4, 0.5) is 4.39 Å². The van der Waals surface area contributed by atoms with Crippen molar-refractivity contribution in [3.63, 3.8) is 0 Å². The second-order valence-corrected chi connectivity index (χ2v) is 2.89. The summed E-state index contributed by atoms with van der Waals surface area (Å²) in [6.07, 6.45) is 2.03. The molecule has 1 aromatic rings. The van der Waals surface area contributed by atoms with Crippen LogP contribution < -0.4 is 0 Å². The summed E-state index contributed by atoms with van der Waals surface area (Å²) in [4.78, 5) is 3.51. The van der Waals surface area contributed by atoms with E-state index in [4.69, 9.17) is 11.6 Å². The van der Waals surface area contributed by atoms with Crippen molar-refractivity contribution in [1.82, 2.24) is 4.98 Å². The van der Waals surface area contributed by atoms with E-state index >= 15 is 0 Å². The van der Waals surface area contributed by atoms with Gasteiger partial charge in [0, 0.05) is 29.6 Å². The van der Waals surface area contributed by atoms with Gasteiger partial charge in [-0.1, -0.05) is 11.8 Å². The minimum absolute atomic E-state index is 0.460. The fraction of sp³-hybridized carbons (Fsp3) is 0.300. The molecule has 1 aromatic heterocycles. The van der Waals surface area contributed by atoms with Crippen molar-refractivity contribution in [2.24, 2.45) is 0 Å². The first-order valence-corrected chi connectivity index (χ1v) is 4.45. The first kappa shape index (κ1) is 10.0. The summed E-state index contributed by atoms with van der Waals surface area (Å²) < 4.78 is 12.9. The zero-order valence-corrected chi connectivity index (χ0v) is 8.03. The van der Waals surface area contributed by atoms with E-state index in [1.165, 1.54) is 6.20 Å². The lowest BCUT2D eigenvalue weighted by Gasteiger charge is -1.96. The third-order valence-corrected chi connectivity index (χ3v) is 1.77. The number of pyridine rings is 1. The summed E-state index contributed by atoms with van der Waals surface area (Å²) in [5.74, 6) is 5.72. The van der Waals surface area contributed by atoms with Gasteiger partial charge in [0.15, 0.2) is 0 Å². The average Bonchev–Trinajstić information content (AvgIpc) is 2.13. The van der Waals surface area contributed by atoms with Crippen molar-refractivity contribution in [1.29, 1.82) is 0 Å². The molecule has 0 saturated heterocycles. The predicted molar refractivity (Wildman–Crippen MR) is 51.1 cm³/mol. The molecule has 0 radical (unpaired) electrons. The molecule has 0 aromatic carbocycles.